The van der Waals surface area contributed by atoms with Crippen molar-refractivity contribution in [2.75, 3.05) is 27.2 Å². The Morgan fingerprint density at radius 3 is 2.94 bits per heavy atom. The van der Waals surface area contributed by atoms with Crippen LogP contribution in [0.2, 0.25) is 0 Å². The van der Waals surface area contributed by atoms with Crippen LogP contribution in [0.1, 0.15) is 18.5 Å². The number of methoxy groups -OCH3 is 1. The minimum absolute atomic E-state index is 0.671. The molecule has 1 saturated heterocycles. The quantitative estimate of drug-likeness (QED) is 0.853. The lowest BCUT2D eigenvalue weighted by Crippen LogP contribution is -2.40. The van der Waals surface area contributed by atoms with Crippen LogP contribution in [0.15, 0.2) is 18.3 Å². The van der Waals surface area contributed by atoms with Crippen LogP contribution in [0, 0.1) is 0 Å². The third-order valence-corrected chi connectivity index (χ3v) is 3.37. The van der Waals surface area contributed by atoms with Gasteiger partial charge in [-0.25, -0.2) is 0 Å². The third-order valence-electron chi connectivity index (χ3n) is 3.37. The Hall–Kier alpha value is -1.13. The van der Waals surface area contributed by atoms with Gasteiger partial charge in [-0.2, -0.15) is 0 Å². The molecule has 17 heavy (non-hydrogen) atoms. The van der Waals surface area contributed by atoms with E-state index in [9.17, 15) is 0 Å². The second kappa shape index (κ2) is 5.98. The van der Waals surface area contributed by atoms with E-state index >= 15 is 0 Å². The highest BCUT2D eigenvalue weighted by Crippen LogP contribution is 2.15. The van der Waals surface area contributed by atoms with Gasteiger partial charge in [0.25, 0.3) is 0 Å². The first kappa shape index (κ1) is 12.3. The van der Waals surface area contributed by atoms with E-state index in [2.05, 4.69) is 22.2 Å². The summed E-state index contributed by atoms with van der Waals surface area (Å²) in [5, 5.41) is 3.39. The van der Waals surface area contributed by atoms with Gasteiger partial charge in [-0.05, 0) is 39.0 Å². The van der Waals surface area contributed by atoms with Gasteiger partial charge in [0.1, 0.15) is 5.75 Å². The summed E-state index contributed by atoms with van der Waals surface area (Å²) in [6.07, 6.45) is 4.26. The predicted octanol–water partition coefficient (Wildman–Crippen LogP) is 1.27. The Labute approximate surface area is 103 Å². The molecule has 0 radical (unpaired) electrons. The lowest BCUT2D eigenvalue weighted by Gasteiger charge is -2.31. The zero-order valence-electron chi connectivity index (χ0n) is 10.6. The van der Waals surface area contributed by atoms with Gasteiger partial charge >= 0.3 is 0 Å². The first-order valence-corrected chi connectivity index (χ1v) is 6.19. The molecule has 1 aliphatic heterocycles. The number of hydrogen-bond donors (Lipinski definition) is 1. The number of pyridine rings is 1. The Morgan fingerprint density at radius 1 is 1.47 bits per heavy atom. The molecule has 0 aromatic carbocycles. The number of hydrogen-bond acceptors (Lipinski definition) is 4. The van der Waals surface area contributed by atoms with E-state index in [0.29, 0.717) is 6.04 Å². The van der Waals surface area contributed by atoms with Crippen molar-refractivity contribution < 1.29 is 4.74 Å². The maximum Gasteiger partial charge on any atom is 0.122 e. The second-order valence-corrected chi connectivity index (χ2v) is 4.58. The normalized spacial score (nSPS) is 17.4. The molecule has 94 valence electrons. The minimum Gasteiger partial charge on any atom is -0.497 e. The largest absolute Gasteiger partial charge is 0.497 e. The average molecular weight is 235 g/mol. The van der Waals surface area contributed by atoms with E-state index in [1.807, 2.05) is 18.3 Å². The zero-order chi connectivity index (χ0) is 12.1. The first-order valence-electron chi connectivity index (χ1n) is 6.19. The van der Waals surface area contributed by atoms with Gasteiger partial charge < -0.3 is 10.1 Å². The molecular formula is C13H21N3O. The van der Waals surface area contributed by atoms with E-state index < -0.39 is 0 Å². The highest BCUT2D eigenvalue weighted by molar-refractivity contribution is 5.22. The first-order chi connectivity index (χ1) is 8.29. The molecular weight excluding hydrogens is 214 g/mol. The number of nitrogens with zero attached hydrogens (tertiary/aromatic N) is 2. The fraction of sp³-hybridized carbons (Fsp3) is 0.615. The van der Waals surface area contributed by atoms with Crippen molar-refractivity contribution in [3.05, 3.63) is 24.0 Å². The van der Waals surface area contributed by atoms with E-state index in [-0.39, 0.29) is 0 Å². The molecule has 0 atom stereocenters. The molecule has 0 aliphatic carbocycles. The van der Waals surface area contributed by atoms with Crippen LogP contribution >= 0.6 is 0 Å². The smallest absolute Gasteiger partial charge is 0.122 e. The SMILES string of the molecule is COc1ccnc(CN(C)C2CCNCC2)c1. The number of rotatable bonds is 4. The van der Waals surface area contributed by atoms with Crippen LogP contribution in [0.4, 0.5) is 0 Å². The topological polar surface area (TPSA) is 37.4 Å². The standard InChI is InChI=1S/C13H21N3O/c1-16(12-3-6-14-7-4-12)10-11-9-13(17-2)5-8-15-11/h5,8-9,12,14H,3-4,6-7,10H2,1-2H3. The summed E-state index contributed by atoms with van der Waals surface area (Å²) in [5.41, 5.74) is 1.07. The van der Waals surface area contributed by atoms with Gasteiger partial charge in [0.15, 0.2) is 0 Å². The second-order valence-electron chi connectivity index (χ2n) is 4.58. The molecule has 1 aromatic rings. The van der Waals surface area contributed by atoms with Gasteiger partial charge in [0.05, 0.1) is 12.8 Å². The number of piperidine rings is 1. The summed E-state index contributed by atoms with van der Waals surface area (Å²) in [6.45, 7) is 3.14. The van der Waals surface area contributed by atoms with Gasteiger partial charge in [0.2, 0.25) is 0 Å². The Kier molecular flexibility index (Phi) is 4.34. The summed E-state index contributed by atoms with van der Waals surface area (Å²) in [4.78, 5) is 6.78. The van der Waals surface area contributed by atoms with Gasteiger partial charge in [-0.15, -0.1) is 0 Å². The van der Waals surface area contributed by atoms with Crippen LogP contribution in [0.25, 0.3) is 0 Å². The highest BCUT2D eigenvalue weighted by atomic mass is 16.5. The van der Waals surface area contributed by atoms with Crippen molar-refractivity contribution in [2.24, 2.45) is 0 Å². The maximum atomic E-state index is 5.21. The molecule has 0 spiro atoms. The Morgan fingerprint density at radius 2 is 2.24 bits per heavy atom. The molecule has 0 amide bonds. The van der Waals surface area contributed by atoms with Crippen molar-refractivity contribution in [2.45, 2.75) is 25.4 Å². The summed E-state index contributed by atoms with van der Waals surface area (Å²) >= 11 is 0. The number of ether oxygens (including phenoxy) is 1. The molecule has 4 heteroatoms. The highest BCUT2D eigenvalue weighted by Gasteiger charge is 2.17. The zero-order valence-corrected chi connectivity index (χ0v) is 10.6. The summed E-state index contributed by atoms with van der Waals surface area (Å²) in [7, 11) is 3.87. The van der Waals surface area contributed by atoms with Gasteiger partial charge in [-0.3, -0.25) is 9.88 Å². The molecule has 0 bridgehead atoms. The fourth-order valence-electron chi connectivity index (χ4n) is 2.30. The molecule has 1 N–H and O–H groups in total. The van der Waals surface area contributed by atoms with Crippen LogP contribution in [0.5, 0.6) is 5.75 Å². The Balaban J connectivity index is 1.94. The van der Waals surface area contributed by atoms with Crippen molar-refractivity contribution in [3.63, 3.8) is 0 Å². The van der Waals surface area contributed by atoms with E-state index in [1.54, 1.807) is 7.11 Å². The van der Waals surface area contributed by atoms with Crippen molar-refractivity contribution in [1.29, 1.82) is 0 Å². The molecule has 1 fully saturated rings. The number of nitrogens with one attached hydrogen (secondary N) is 1. The van der Waals surface area contributed by atoms with Crippen molar-refractivity contribution in [1.82, 2.24) is 15.2 Å². The molecule has 1 aliphatic rings. The summed E-state index contributed by atoms with van der Waals surface area (Å²) in [6, 6.07) is 4.57. The molecule has 0 saturated carbocycles. The van der Waals surface area contributed by atoms with Crippen molar-refractivity contribution >= 4 is 0 Å². The lowest BCUT2D eigenvalue weighted by molar-refractivity contribution is 0.189. The molecule has 2 heterocycles. The van der Waals surface area contributed by atoms with Crippen LogP contribution in [-0.4, -0.2) is 43.2 Å². The minimum atomic E-state index is 0.671. The molecule has 1 aromatic heterocycles. The van der Waals surface area contributed by atoms with E-state index in [4.69, 9.17) is 4.74 Å². The Bertz CT molecular complexity index is 350. The fourth-order valence-corrected chi connectivity index (χ4v) is 2.30. The third kappa shape index (κ3) is 3.41. The van der Waals surface area contributed by atoms with Crippen LogP contribution in [-0.2, 0) is 6.54 Å². The molecule has 0 unspecified atom stereocenters. The molecule has 2 rings (SSSR count). The van der Waals surface area contributed by atoms with Gasteiger partial charge in [0, 0.05) is 24.8 Å². The van der Waals surface area contributed by atoms with E-state index in [1.165, 1.54) is 12.8 Å². The lowest BCUT2D eigenvalue weighted by atomic mass is 10.1. The van der Waals surface area contributed by atoms with E-state index in [0.717, 1.165) is 31.1 Å². The summed E-state index contributed by atoms with van der Waals surface area (Å²) in [5.74, 6) is 0.883. The van der Waals surface area contributed by atoms with Crippen LogP contribution < -0.4 is 10.1 Å². The van der Waals surface area contributed by atoms with Gasteiger partial charge in [-0.1, -0.05) is 0 Å². The monoisotopic (exact) mass is 235 g/mol. The maximum absolute atomic E-state index is 5.21. The van der Waals surface area contributed by atoms with Crippen molar-refractivity contribution in [3.8, 4) is 5.75 Å². The average Bonchev–Trinajstić information content (AvgIpc) is 2.40. The number of aromatic nitrogens is 1. The predicted molar refractivity (Wildman–Crippen MR) is 68.1 cm³/mol. The van der Waals surface area contributed by atoms with Crippen LogP contribution in [0.3, 0.4) is 0 Å². The summed E-state index contributed by atoms with van der Waals surface area (Å²) < 4.78 is 5.21. The molecule has 4 nitrogen and oxygen atoms in total.